The molecule has 1 aromatic heterocycles. The molecule has 5 nitrogen and oxygen atoms in total. The summed E-state index contributed by atoms with van der Waals surface area (Å²) in [6.07, 6.45) is 3.54. The van der Waals surface area contributed by atoms with Crippen molar-refractivity contribution in [3.05, 3.63) is 34.8 Å². The standard InChI is InChI=1S/C16H19NO4/c1-20-15(18)12-8-6-11(7-9-12)10-17-13-4-2-3-5-14(13)21-16(17)19/h2-5,11-12H,6-10H2,1H3. The third kappa shape index (κ3) is 2.73. The number of rotatable bonds is 3. The quantitative estimate of drug-likeness (QED) is 0.815. The number of methoxy groups -OCH3 is 1. The lowest BCUT2D eigenvalue weighted by Crippen LogP contribution is -2.27. The van der Waals surface area contributed by atoms with Gasteiger partial charge in [-0.1, -0.05) is 12.1 Å². The van der Waals surface area contributed by atoms with Crippen LogP contribution in [-0.4, -0.2) is 17.6 Å². The van der Waals surface area contributed by atoms with Crippen LogP contribution in [0.2, 0.25) is 0 Å². The maximum atomic E-state index is 12.0. The maximum absolute atomic E-state index is 12.0. The molecular weight excluding hydrogens is 270 g/mol. The summed E-state index contributed by atoms with van der Waals surface area (Å²) in [6.45, 7) is 0.656. The van der Waals surface area contributed by atoms with Gasteiger partial charge in [-0.15, -0.1) is 0 Å². The largest absolute Gasteiger partial charge is 0.469 e. The number of hydrogen-bond donors (Lipinski definition) is 0. The first-order valence-corrected chi connectivity index (χ1v) is 7.35. The molecule has 0 amide bonds. The monoisotopic (exact) mass is 289 g/mol. The zero-order valence-electron chi connectivity index (χ0n) is 12.1. The van der Waals surface area contributed by atoms with E-state index in [4.69, 9.17) is 9.15 Å². The van der Waals surface area contributed by atoms with Crippen LogP contribution in [0.3, 0.4) is 0 Å². The normalized spacial score (nSPS) is 22.3. The number of aromatic nitrogens is 1. The van der Waals surface area contributed by atoms with Crippen LogP contribution in [0, 0.1) is 11.8 Å². The summed E-state index contributed by atoms with van der Waals surface area (Å²) in [4.78, 5) is 23.5. The molecule has 2 aromatic rings. The summed E-state index contributed by atoms with van der Waals surface area (Å²) >= 11 is 0. The summed E-state index contributed by atoms with van der Waals surface area (Å²) in [7, 11) is 1.44. The van der Waals surface area contributed by atoms with Gasteiger partial charge in [0.05, 0.1) is 18.5 Å². The van der Waals surface area contributed by atoms with Gasteiger partial charge >= 0.3 is 11.7 Å². The lowest BCUT2D eigenvalue weighted by Gasteiger charge is -2.26. The first-order chi connectivity index (χ1) is 10.2. The zero-order chi connectivity index (χ0) is 14.8. The summed E-state index contributed by atoms with van der Waals surface area (Å²) in [5, 5.41) is 0. The van der Waals surface area contributed by atoms with E-state index in [1.165, 1.54) is 7.11 Å². The van der Waals surface area contributed by atoms with Crippen molar-refractivity contribution >= 4 is 17.1 Å². The number of benzene rings is 1. The Bertz CT molecular complexity index is 692. The highest BCUT2D eigenvalue weighted by Gasteiger charge is 2.27. The van der Waals surface area contributed by atoms with E-state index in [-0.39, 0.29) is 17.6 Å². The number of carbonyl (C=O) groups is 1. The predicted octanol–water partition coefficient (Wildman–Crippen LogP) is 2.57. The lowest BCUT2D eigenvalue weighted by atomic mass is 9.82. The van der Waals surface area contributed by atoms with Crippen molar-refractivity contribution in [3.8, 4) is 0 Å². The number of oxazole rings is 1. The number of nitrogens with zero attached hydrogens (tertiary/aromatic N) is 1. The summed E-state index contributed by atoms with van der Waals surface area (Å²) in [5.41, 5.74) is 1.48. The molecule has 0 atom stereocenters. The molecule has 0 N–H and O–H groups in total. The Morgan fingerprint density at radius 3 is 2.71 bits per heavy atom. The van der Waals surface area contributed by atoms with Crippen molar-refractivity contribution in [2.75, 3.05) is 7.11 Å². The minimum absolute atomic E-state index is 0.0177. The van der Waals surface area contributed by atoms with Gasteiger partial charge in [-0.25, -0.2) is 4.79 Å². The zero-order valence-corrected chi connectivity index (χ0v) is 12.1. The minimum atomic E-state index is -0.300. The lowest BCUT2D eigenvalue weighted by molar-refractivity contribution is -0.146. The second-order valence-corrected chi connectivity index (χ2v) is 5.69. The Labute approximate surface area is 122 Å². The van der Waals surface area contributed by atoms with E-state index in [2.05, 4.69) is 0 Å². The van der Waals surface area contributed by atoms with Gasteiger partial charge in [-0.2, -0.15) is 0 Å². The number of hydrogen-bond acceptors (Lipinski definition) is 4. The van der Waals surface area contributed by atoms with Crippen molar-refractivity contribution < 1.29 is 13.9 Å². The Morgan fingerprint density at radius 2 is 2.00 bits per heavy atom. The molecule has 5 heteroatoms. The van der Waals surface area contributed by atoms with Crippen LogP contribution in [0.1, 0.15) is 25.7 Å². The van der Waals surface area contributed by atoms with Crippen LogP contribution in [-0.2, 0) is 16.1 Å². The third-order valence-corrected chi connectivity index (χ3v) is 4.40. The van der Waals surface area contributed by atoms with Crippen molar-refractivity contribution in [1.82, 2.24) is 4.57 Å². The molecule has 1 aliphatic rings. The average Bonchev–Trinajstić information content (AvgIpc) is 2.83. The number of ether oxygens (including phenoxy) is 1. The van der Waals surface area contributed by atoms with Crippen molar-refractivity contribution in [2.24, 2.45) is 11.8 Å². The molecule has 1 aliphatic carbocycles. The third-order valence-electron chi connectivity index (χ3n) is 4.40. The maximum Gasteiger partial charge on any atom is 0.419 e. The number of para-hydroxylation sites is 2. The fraction of sp³-hybridized carbons (Fsp3) is 0.500. The van der Waals surface area contributed by atoms with Crippen LogP contribution >= 0.6 is 0 Å². The molecule has 0 unspecified atom stereocenters. The van der Waals surface area contributed by atoms with Crippen LogP contribution < -0.4 is 5.76 Å². The molecule has 0 saturated heterocycles. The molecule has 0 aliphatic heterocycles. The van der Waals surface area contributed by atoms with Crippen molar-refractivity contribution in [1.29, 1.82) is 0 Å². The van der Waals surface area contributed by atoms with E-state index in [9.17, 15) is 9.59 Å². The fourth-order valence-corrected chi connectivity index (χ4v) is 3.19. The molecular formula is C16H19NO4. The highest BCUT2D eigenvalue weighted by Crippen LogP contribution is 2.31. The van der Waals surface area contributed by atoms with Crippen LogP contribution in [0.5, 0.6) is 0 Å². The topological polar surface area (TPSA) is 61.4 Å². The SMILES string of the molecule is COC(=O)C1CCC(Cn2c(=O)oc3ccccc32)CC1. The van der Waals surface area contributed by atoms with Gasteiger partial charge in [-0.3, -0.25) is 9.36 Å². The van der Waals surface area contributed by atoms with Gasteiger partial charge in [0, 0.05) is 6.54 Å². The fourth-order valence-electron chi connectivity index (χ4n) is 3.19. The molecule has 0 bridgehead atoms. The predicted molar refractivity (Wildman–Crippen MR) is 77.9 cm³/mol. The Balaban J connectivity index is 1.71. The van der Waals surface area contributed by atoms with Crippen LogP contribution in [0.4, 0.5) is 0 Å². The molecule has 0 radical (unpaired) electrons. The summed E-state index contributed by atoms with van der Waals surface area (Å²) in [5.74, 6) is 0.0133. The van der Waals surface area contributed by atoms with Crippen molar-refractivity contribution in [3.63, 3.8) is 0 Å². The Morgan fingerprint density at radius 1 is 1.29 bits per heavy atom. The molecule has 0 spiro atoms. The highest BCUT2D eigenvalue weighted by atomic mass is 16.5. The van der Waals surface area contributed by atoms with E-state index in [1.807, 2.05) is 18.2 Å². The number of esters is 1. The van der Waals surface area contributed by atoms with Gasteiger partial charge in [0.2, 0.25) is 0 Å². The highest BCUT2D eigenvalue weighted by molar-refractivity contribution is 5.73. The van der Waals surface area contributed by atoms with Gasteiger partial charge < -0.3 is 9.15 Å². The second kappa shape index (κ2) is 5.76. The van der Waals surface area contributed by atoms with E-state index in [1.54, 1.807) is 10.6 Å². The van der Waals surface area contributed by atoms with Crippen LogP contribution in [0.15, 0.2) is 33.5 Å². The van der Waals surface area contributed by atoms with Gasteiger partial charge in [-0.05, 0) is 43.7 Å². The molecule has 1 aromatic carbocycles. The summed E-state index contributed by atoms with van der Waals surface area (Å²) < 4.78 is 11.8. The van der Waals surface area contributed by atoms with Crippen LogP contribution in [0.25, 0.3) is 11.1 Å². The first kappa shape index (κ1) is 13.9. The minimum Gasteiger partial charge on any atom is -0.469 e. The molecule has 112 valence electrons. The first-order valence-electron chi connectivity index (χ1n) is 7.35. The molecule has 1 saturated carbocycles. The number of fused-ring (bicyclic) bond motifs is 1. The van der Waals surface area contributed by atoms with Gasteiger partial charge in [0.15, 0.2) is 5.58 Å². The molecule has 21 heavy (non-hydrogen) atoms. The number of carbonyl (C=O) groups excluding carboxylic acids is 1. The Kier molecular flexibility index (Phi) is 3.82. The van der Waals surface area contributed by atoms with E-state index in [0.717, 1.165) is 31.2 Å². The molecule has 3 rings (SSSR count). The summed E-state index contributed by atoms with van der Waals surface area (Å²) in [6, 6.07) is 7.47. The smallest absolute Gasteiger partial charge is 0.419 e. The second-order valence-electron chi connectivity index (χ2n) is 5.69. The van der Waals surface area contributed by atoms with Crippen molar-refractivity contribution in [2.45, 2.75) is 32.2 Å². The van der Waals surface area contributed by atoms with Gasteiger partial charge in [0.25, 0.3) is 0 Å². The van der Waals surface area contributed by atoms with Gasteiger partial charge in [0.1, 0.15) is 0 Å². The Hall–Kier alpha value is -2.04. The average molecular weight is 289 g/mol. The van der Waals surface area contributed by atoms with E-state index in [0.29, 0.717) is 18.0 Å². The van der Waals surface area contributed by atoms with E-state index < -0.39 is 0 Å². The van der Waals surface area contributed by atoms with E-state index >= 15 is 0 Å². The molecule has 1 heterocycles. The molecule has 1 fully saturated rings.